The van der Waals surface area contributed by atoms with Gasteiger partial charge in [-0.15, -0.1) is 11.3 Å². The third-order valence-corrected chi connectivity index (χ3v) is 6.89. The molecule has 3 heterocycles. The minimum Gasteiger partial charge on any atom is -0.462 e. The zero-order valence-corrected chi connectivity index (χ0v) is 19.0. The Morgan fingerprint density at radius 1 is 1.19 bits per heavy atom. The smallest absolute Gasteiger partial charge is 0.341 e. The Hall–Kier alpha value is -3.23. The van der Waals surface area contributed by atoms with E-state index < -0.39 is 5.97 Å². The fraction of sp³-hybridized carbons (Fsp3) is 0.174. The highest BCUT2D eigenvalue weighted by atomic mass is 32.1. The maximum Gasteiger partial charge on any atom is 0.341 e. The number of H-pyrrole nitrogens is 1. The topological polar surface area (TPSA) is 95.6 Å². The van der Waals surface area contributed by atoms with Gasteiger partial charge in [0, 0.05) is 23.9 Å². The number of pyridine rings is 1. The number of amides is 1. The zero-order valence-electron chi connectivity index (χ0n) is 17.4. The number of nitrogens with two attached hydrogens (primary N) is 1. The molecule has 0 aliphatic heterocycles. The first kappa shape index (κ1) is 21.0. The van der Waals surface area contributed by atoms with Gasteiger partial charge in [-0.25, -0.2) is 4.79 Å². The minimum absolute atomic E-state index is 0.244. The quantitative estimate of drug-likeness (QED) is 0.413. The molecule has 0 bridgehead atoms. The number of fused-ring (bicyclic) bond motifs is 1. The molecule has 0 radical (unpaired) electrons. The predicted octanol–water partition coefficient (Wildman–Crippen LogP) is 5.07. The van der Waals surface area contributed by atoms with Gasteiger partial charge >= 0.3 is 5.97 Å². The van der Waals surface area contributed by atoms with E-state index in [2.05, 4.69) is 10.3 Å². The van der Waals surface area contributed by atoms with E-state index in [9.17, 15) is 9.59 Å². The number of ether oxygens (including phenoxy) is 1. The molecule has 1 aromatic carbocycles. The average molecular weight is 453 g/mol. The number of nitrogen functional groups attached to an aromatic ring is 1. The lowest BCUT2D eigenvalue weighted by Gasteiger charge is -2.08. The second kappa shape index (κ2) is 8.49. The number of nitrogens with one attached hydrogen (secondary N) is 2. The van der Waals surface area contributed by atoms with Crippen LogP contribution >= 0.6 is 22.7 Å². The Balaban J connectivity index is 1.74. The van der Waals surface area contributed by atoms with E-state index in [1.807, 2.05) is 55.6 Å². The molecule has 8 heteroatoms. The van der Waals surface area contributed by atoms with Crippen molar-refractivity contribution < 1.29 is 19.3 Å². The molecule has 0 spiro atoms. The normalized spacial score (nSPS) is 10.9. The van der Waals surface area contributed by atoms with Crippen molar-refractivity contribution in [3.8, 4) is 11.1 Å². The van der Waals surface area contributed by atoms with Crippen LogP contribution in [0.5, 0.6) is 0 Å². The van der Waals surface area contributed by atoms with Crippen LogP contribution in [0.1, 0.15) is 38.2 Å². The lowest BCUT2D eigenvalue weighted by atomic mass is 10.0. The molecule has 6 nitrogen and oxygen atoms in total. The monoisotopic (exact) mass is 452 g/mol. The molecule has 0 aliphatic rings. The Kier molecular flexibility index (Phi) is 5.75. The van der Waals surface area contributed by atoms with Crippen molar-refractivity contribution in [3.05, 3.63) is 63.5 Å². The molecule has 4 aromatic rings. The van der Waals surface area contributed by atoms with Gasteiger partial charge in [-0.2, -0.15) is 4.98 Å². The van der Waals surface area contributed by atoms with E-state index in [0.29, 0.717) is 21.1 Å². The number of esters is 1. The lowest BCUT2D eigenvalue weighted by Crippen LogP contribution is -2.15. The Labute approximate surface area is 187 Å². The SMILES string of the molecule is CCOC(=O)c1c(-c2ccccc2)csc1NC(=O)c1sc2[nH+]c(C)cc(C)c2c1N. The Bertz CT molecular complexity index is 1290. The van der Waals surface area contributed by atoms with Crippen LogP contribution in [0.2, 0.25) is 0 Å². The van der Waals surface area contributed by atoms with Gasteiger partial charge in [-0.05, 0) is 25.0 Å². The standard InChI is InChI=1S/C23H21N3O3S2/c1-4-29-23(28)17-15(14-8-6-5-7-9-14)11-30-21(17)26-20(27)19-18(24)16-12(2)10-13(3)25-22(16)31-19/h5-11H,4,24H2,1-3H3,(H,26,27)/p+1. The summed E-state index contributed by atoms with van der Waals surface area (Å²) in [4.78, 5) is 30.4. The summed E-state index contributed by atoms with van der Waals surface area (Å²) in [6.07, 6.45) is 0. The number of aromatic amines is 1. The van der Waals surface area contributed by atoms with Gasteiger partial charge in [0.1, 0.15) is 15.4 Å². The number of thiophene rings is 2. The number of carbonyl (C=O) groups is 2. The Morgan fingerprint density at radius 3 is 2.65 bits per heavy atom. The van der Waals surface area contributed by atoms with E-state index >= 15 is 0 Å². The highest BCUT2D eigenvalue weighted by Crippen LogP contribution is 2.38. The molecule has 0 fully saturated rings. The van der Waals surface area contributed by atoms with Gasteiger partial charge in [0.2, 0.25) is 0 Å². The number of aromatic nitrogens is 1. The molecular weight excluding hydrogens is 430 g/mol. The first-order valence-corrected chi connectivity index (χ1v) is 11.5. The van der Waals surface area contributed by atoms with Crippen LogP contribution in [0.3, 0.4) is 0 Å². The van der Waals surface area contributed by atoms with Crippen LogP contribution in [-0.2, 0) is 4.74 Å². The molecule has 4 N–H and O–H groups in total. The molecule has 0 aliphatic carbocycles. The maximum absolute atomic E-state index is 13.1. The zero-order chi connectivity index (χ0) is 22.1. The van der Waals surface area contributed by atoms with E-state index in [0.717, 1.165) is 32.6 Å². The fourth-order valence-electron chi connectivity index (χ4n) is 3.55. The molecule has 1 amide bonds. The molecule has 0 saturated carbocycles. The summed E-state index contributed by atoms with van der Waals surface area (Å²) >= 11 is 2.59. The minimum atomic E-state index is -0.470. The summed E-state index contributed by atoms with van der Waals surface area (Å²) in [5, 5.41) is 6.03. The molecule has 0 unspecified atom stereocenters. The second-order valence-electron chi connectivity index (χ2n) is 7.08. The van der Waals surface area contributed by atoms with Gasteiger partial charge < -0.3 is 15.8 Å². The van der Waals surface area contributed by atoms with Crippen LogP contribution in [0.4, 0.5) is 10.7 Å². The van der Waals surface area contributed by atoms with E-state index in [1.54, 1.807) is 6.92 Å². The molecular formula is C23H22N3O3S2+. The number of carbonyl (C=O) groups excluding carboxylic acids is 2. The van der Waals surface area contributed by atoms with Crippen molar-refractivity contribution >= 4 is 55.5 Å². The van der Waals surface area contributed by atoms with Crippen LogP contribution < -0.4 is 16.0 Å². The highest BCUT2D eigenvalue weighted by Gasteiger charge is 2.26. The molecule has 158 valence electrons. The first-order chi connectivity index (χ1) is 14.9. The summed E-state index contributed by atoms with van der Waals surface area (Å²) in [5.74, 6) is -0.821. The van der Waals surface area contributed by atoms with Crippen molar-refractivity contribution in [2.45, 2.75) is 20.8 Å². The third-order valence-electron chi connectivity index (χ3n) is 4.87. The molecule has 0 saturated heterocycles. The number of hydrogen-bond donors (Lipinski definition) is 2. The van der Waals surface area contributed by atoms with Gasteiger partial charge in [-0.1, -0.05) is 41.7 Å². The number of hydrogen-bond acceptors (Lipinski definition) is 6. The average Bonchev–Trinajstić information content (AvgIpc) is 3.30. The van der Waals surface area contributed by atoms with Crippen LogP contribution in [0.15, 0.2) is 41.8 Å². The van der Waals surface area contributed by atoms with Gasteiger partial charge in [0.25, 0.3) is 10.7 Å². The molecule has 0 atom stereocenters. The highest BCUT2D eigenvalue weighted by molar-refractivity contribution is 7.21. The van der Waals surface area contributed by atoms with Crippen molar-refractivity contribution in [2.24, 2.45) is 0 Å². The van der Waals surface area contributed by atoms with Crippen LogP contribution in [0.25, 0.3) is 21.3 Å². The number of anilines is 2. The van der Waals surface area contributed by atoms with Crippen molar-refractivity contribution in [2.75, 3.05) is 17.7 Å². The van der Waals surface area contributed by atoms with E-state index in [1.165, 1.54) is 22.7 Å². The number of aryl methyl sites for hydroxylation is 2. The van der Waals surface area contributed by atoms with E-state index in [-0.39, 0.29) is 12.5 Å². The third kappa shape index (κ3) is 3.92. The molecule has 4 rings (SSSR count). The fourth-order valence-corrected chi connectivity index (χ4v) is 5.65. The Morgan fingerprint density at radius 2 is 1.94 bits per heavy atom. The van der Waals surface area contributed by atoms with Crippen LogP contribution in [-0.4, -0.2) is 18.5 Å². The van der Waals surface area contributed by atoms with Crippen LogP contribution in [0, 0.1) is 13.8 Å². The summed E-state index contributed by atoms with van der Waals surface area (Å²) in [5.41, 5.74) is 10.7. The molecule has 3 aromatic heterocycles. The summed E-state index contributed by atoms with van der Waals surface area (Å²) in [7, 11) is 0. The summed E-state index contributed by atoms with van der Waals surface area (Å²) in [6.45, 7) is 5.93. The van der Waals surface area contributed by atoms with Gasteiger partial charge in [0.05, 0.1) is 17.7 Å². The number of benzene rings is 1. The molecule has 31 heavy (non-hydrogen) atoms. The largest absolute Gasteiger partial charge is 0.462 e. The summed E-state index contributed by atoms with van der Waals surface area (Å²) < 4.78 is 5.27. The second-order valence-corrected chi connectivity index (χ2v) is 8.98. The van der Waals surface area contributed by atoms with Gasteiger partial charge in [0.15, 0.2) is 5.69 Å². The first-order valence-electron chi connectivity index (χ1n) is 9.77. The van der Waals surface area contributed by atoms with Crippen molar-refractivity contribution in [1.82, 2.24) is 0 Å². The van der Waals surface area contributed by atoms with E-state index in [4.69, 9.17) is 10.5 Å². The van der Waals surface area contributed by atoms with Crippen molar-refractivity contribution in [1.29, 1.82) is 0 Å². The number of rotatable bonds is 5. The van der Waals surface area contributed by atoms with Gasteiger partial charge in [-0.3, -0.25) is 4.79 Å². The lowest BCUT2D eigenvalue weighted by molar-refractivity contribution is -0.351. The van der Waals surface area contributed by atoms with Crippen molar-refractivity contribution in [3.63, 3.8) is 0 Å². The summed E-state index contributed by atoms with van der Waals surface area (Å²) in [6, 6.07) is 11.5. The maximum atomic E-state index is 13.1. The predicted molar refractivity (Wildman–Crippen MR) is 126 cm³/mol.